The topological polar surface area (TPSA) is 48.5 Å². The van der Waals surface area contributed by atoms with Crippen molar-refractivity contribution in [1.82, 2.24) is 24.1 Å². The van der Waals surface area contributed by atoms with Crippen molar-refractivity contribution >= 4 is 66.7 Å². The normalized spacial score (nSPS) is 13.9. The molecule has 2 aliphatic rings. The van der Waals surface area contributed by atoms with E-state index < -0.39 is 0 Å². The van der Waals surface area contributed by atoms with E-state index in [1.165, 1.54) is 127 Å². The van der Waals surface area contributed by atoms with Crippen LogP contribution in [-0.4, -0.2) is 30.8 Å². The van der Waals surface area contributed by atoms with Crippen molar-refractivity contribution in [2.24, 2.45) is 0 Å². The van der Waals surface area contributed by atoms with Gasteiger partial charge in [-0.3, -0.25) is 0 Å². The largest absolute Gasteiger partial charge is 0.310 e. The van der Waals surface area contributed by atoms with E-state index in [1.807, 2.05) is 0 Å². The van der Waals surface area contributed by atoms with Crippen LogP contribution >= 0.6 is 0 Å². The molecule has 9 aromatic carbocycles. The Morgan fingerprint density at radius 2 is 0.568 bits per heavy atom. The van der Waals surface area contributed by atoms with Crippen molar-refractivity contribution < 1.29 is 0 Å². The van der Waals surface area contributed by atoms with Crippen molar-refractivity contribution in [3.05, 3.63) is 202 Å². The highest BCUT2D eigenvalue weighted by Crippen LogP contribution is 2.49. The molecule has 0 atom stereocenters. The predicted molar refractivity (Wildman–Crippen MR) is 410 cm³/mol. The molecule has 0 saturated carbocycles. The zero-order valence-corrected chi connectivity index (χ0v) is 61.3. The van der Waals surface area contributed by atoms with Crippen LogP contribution in [0.4, 0.5) is 0 Å². The highest BCUT2D eigenvalue weighted by molar-refractivity contribution is 7.00. The maximum Gasteiger partial charge on any atom is 0.252 e. The van der Waals surface area contributed by atoms with Crippen LogP contribution in [-0.2, 0) is 43.3 Å². The molecule has 2 aliphatic heterocycles. The Hall–Kier alpha value is -8.35. The lowest BCUT2D eigenvalue weighted by Gasteiger charge is -2.35. The molecule has 482 valence electrons. The Morgan fingerprint density at radius 1 is 0.274 bits per heavy atom. The number of hydrogen-bond donors (Lipinski definition) is 0. The van der Waals surface area contributed by atoms with Crippen LogP contribution in [0.5, 0.6) is 0 Å². The number of benzene rings is 9. The zero-order chi connectivity index (χ0) is 68.1. The SMILES string of the molecule is CC(C)(C)c1cc(-c2nc(-c3cc(C(C)(C)C)cc(C(C)(C)C)c3)nc(-c3cc4c5c(c3)-n3c6cc(C(C)(C)C)cc(C(C)(C)C)c6c6cc(-c7ccccc7)cc(c63)B5c3cc(-c5ccccc5)cc5c6c(C(C)(C)C)cc(C(C)(C)C)cc6n-4c35)n2)cc(C(C)(C)C)c1. The molecular formula is C89H98BN5. The van der Waals surface area contributed by atoms with E-state index in [0.717, 1.165) is 28.1 Å². The Labute approximate surface area is 567 Å². The van der Waals surface area contributed by atoms with Gasteiger partial charge in [0.1, 0.15) is 0 Å². The Morgan fingerprint density at radius 3 is 0.863 bits per heavy atom. The van der Waals surface area contributed by atoms with Gasteiger partial charge in [0, 0.05) is 60.6 Å². The third kappa shape index (κ3) is 10.8. The second kappa shape index (κ2) is 21.1. The van der Waals surface area contributed by atoms with Gasteiger partial charge in [-0.1, -0.05) is 263 Å². The van der Waals surface area contributed by atoms with Gasteiger partial charge in [-0.15, -0.1) is 0 Å². The molecule has 12 aromatic rings. The molecule has 3 aromatic heterocycles. The molecule has 14 rings (SSSR count). The predicted octanol–water partition coefficient (Wildman–Crippen LogP) is 21.9. The molecule has 0 fully saturated rings. The minimum Gasteiger partial charge on any atom is -0.310 e. The Balaban J connectivity index is 1.22. The van der Waals surface area contributed by atoms with Gasteiger partial charge < -0.3 is 9.13 Å². The molecular weight excluding hydrogens is 1150 g/mol. The summed E-state index contributed by atoms with van der Waals surface area (Å²) in [4.78, 5) is 17.4. The average Bonchev–Trinajstić information content (AvgIpc) is 1.54. The number of nitrogens with zero attached hydrogens (tertiary/aromatic N) is 5. The summed E-state index contributed by atoms with van der Waals surface area (Å²) < 4.78 is 5.39. The van der Waals surface area contributed by atoms with Crippen molar-refractivity contribution in [3.8, 4) is 67.8 Å². The molecule has 0 spiro atoms. The van der Waals surface area contributed by atoms with Crippen LogP contribution < -0.4 is 16.4 Å². The molecule has 5 nitrogen and oxygen atoms in total. The first kappa shape index (κ1) is 64.0. The molecule has 0 bridgehead atoms. The summed E-state index contributed by atoms with van der Waals surface area (Å²) in [6, 6.07) is 61.7. The fourth-order valence-electron chi connectivity index (χ4n) is 15.1. The van der Waals surface area contributed by atoms with Gasteiger partial charge in [-0.2, -0.15) is 0 Å². The van der Waals surface area contributed by atoms with Crippen LogP contribution in [0, 0.1) is 0 Å². The van der Waals surface area contributed by atoms with E-state index >= 15 is 0 Å². The molecule has 5 heterocycles. The fourth-order valence-corrected chi connectivity index (χ4v) is 15.1. The number of fused-ring (bicyclic) bond motifs is 10. The first-order chi connectivity index (χ1) is 44.1. The van der Waals surface area contributed by atoms with E-state index in [9.17, 15) is 0 Å². The van der Waals surface area contributed by atoms with Gasteiger partial charge in [0.25, 0.3) is 6.71 Å². The minimum absolute atomic E-state index is 0.138. The standard InChI is InChI=1S/C89H98BN5/c1-82(2,3)58-35-55(36-59(45-58)83(4,5)6)79-91-80(56-37-60(84(7,8)9)46-61(38-56)85(10,11)12)93-81(92-79)57-43-72-76-73(44-57)95-71-50-63(87(16,17)18)48-67(89(22,23)24)75(71)65-40-54(52-33-29-26-30-34-52)42-69(78(65)95)90(76)68-41-53(51-31-27-25-28-32-51)39-64-74-66(88(19,20)21)47-62(86(13,14)15)49-70(74)94(72)77(64)68/h25-50H,1-24H3. The summed E-state index contributed by atoms with van der Waals surface area (Å²) in [6.45, 7) is 56.3. The lowest BCUT2D eigenvalue weighted by molar-refractivity contribution is 0.568. The van der Waals surface area contributed by atoms with E-state index in [0.29, 0.717) is 17.5 Å². The van der Waals surface area contributed by atoms with Crippen LogP contribution in [0.3, 0.4) is 0 Å². The first-order valence-electron chi connectivity index (χ1n) is 34.9. The van der Waals surface area contributed by atoms with Gasteiger partial charge in [0.2, 0.25) is 0 Å². The molecule has 0 saturated heterocycles. The third-order valence-electron chi connectivity index (χ3n) is 20.8. The smallest absolute Gasteiger partial charge is 0.252 e. The van der Waals surface area contributed by atoms with Gasteiger partial charge in [0.05, 0.1) is 11.0 Å². The van der Waals surface area contributed by atoms with Gasteiger partial charge in [-0.05, 0) is 187 Å². The maximum absolute atomic E-state index is 5.87. The third-order valence-corrected chi connectivity index (χ3v) is 20.8. The summed E-state index contributed by atoms with van der Waals surface area (Å²) in [5, 5.41) is 5.16. The first-order valence-corrected chi connectivity index (χ1v) is 34.9. The van der Waals surface area contributed by atoms with Crippen molar-refractivity contribution in [1.29, 1.82) is 0 Å². The van der Waals surface area contributed by atoms with Crippen LogP contribution in [0.25, 0.3) is 111 Å². The number of rotatable bonds is 5. The van der Waals surface area contributed by atoms with Gasteiger partial charge in [0.15, 0.2) is 17.5 Å². The summed E-state index contributed by atoms with van der Waals surface area (Å²) in [5.41, 5.74) is 28.1. The van der Waals surface area contributed by atoms with E-state index in [2.05, 4.69) is 333 Å². The monoisotopic (exact) mass is 1250 g/mol. The number of hydrogen-bond acceptors (Lipinski definition) is 3. The minimum atomic E-state index is -0.201. The molecule has 0 radical (unpaired) electrons. The Bertz CT molecular complexity index is 4780. The molecule has 6 heteroatoms. The molecule has 95 heavy (non-hydrogen) atoms. The summed E-state index contributed by atoms with van der Waals surface area (Å²) in [5.74, 6) is 1.97. The Kier molecular flexibility index (Phi) is 14.2. The van der Waals surface area contributed by atoms with Gasteiger partial charge >= 0.3 is 0 Å². The van der Waals surface area contributed by atoms with Crippen molar-refractivity contribution in [2.45, 2.75) is 209 Å². The average molecular weight is 1250 g/mol. The molecule has 0 unspecified atom stereocenters. The zero-order valence-electron chi connectivity index (χ0n) is 61.3. The molecule has 0 amide bonds. The lowest BCUT2D eigenvalue weighted by atomic mass is 9.34. The van der Waals surface area contributed by atoms with E-state index in [1.54, 1.807) is 0 Å². The van der Waals surface area contributed by atoms with Crippen molar-refractivity contribution in [2.75, 3.05) is 0 Å². The van der Waals surface area contributed by atoms with E-state index in [4.69, 9.17) is 15.0 Å². The highest BCUT2D eigenvalue weighted by atomic mass is 15.1. The molecule has 0 aliphatic carbocycles. The van der Waals surface area contributed by atoms with Crippen LogP contribution in [0.1, 0.15) is 211 Å². The van der Waals surface area contributed by atoms with Crippen LogP contribution in [0.15, 0.2) is 158 Å². The summed E-state index contributed by atoms with van der Waals surface area (Å²) >= 11 is 0. The quantitative estimate of drug-likeness (QED) is 0.161. The second-order valence-corrected chi connectivity index (χ2v) is 36.4. The molecule has 0 N–H and O–H groups in total. The van der Waals surface area contributed by atoms with Crippen molar-refractivity contribution in [3.63, 3.8) is 0 Å². The lowest BCUT2D eigenvalue weighted by Crippen LogP contribution is -2.59. The highest BCUT2D eigenvalue weighted by Gasteiger charge is 2.44. The van der Waals surface area contributed by atoms with Crippen LogP contribution in [0.2, 0.25) is 0 Å². The summed E-state index contributed by atoms with van der Waals surface area (Å²) in [7, 11) is 0. The maximum atomic E-state index is 5.87. The van der Waals surface area contributed by atoms with Gasteiger partial charge in [-0.25, -0.2) is 15.0 Å². The fraction of sp³-hybridized carbons (Fsp3) is 0.360. The van der Waals surface area contributed by atoms with E-state index in [-0.39, 0.29) is 50.0 Å². The summed E-state index contributed by atoms with van der Waals surface area (Å²) in [6.07, 6.45) is 0. The second-order valence-electron chi connectivity index (χ2n) is 36.4. The number of aromatic nitrogens is 5.